The van der Waals surface area contributed by atoms with Gasteiger partial charge >= 0.3 is 0 Å². The second-order valence-corrected chi connectivity index (χ2v) is 15.6. The lowest BCUT2D eigenvalue weighted by molar-refractivity contribution is 0.397. The van der Waals surface area contributed by atoms with Crippen LogP contribution in [0.1, 0.15) is 170 Å². The topological polar surface area (TPSA) is 38.7 Å². The Morgan fingerprint density at radius 3 is 1.02 bits per heavy atom. The predicted molar refractivity (Wildman–Crippen MR) is 200 cm³/mol. The molecule has 0 bridgehead atoms. The normalized spacial score (nSPS) is 17.7. The Bertz CT molecular complexity index is 1350. The summed E-state index contributed by atoms with van der Waals surface area (Å²) in [5, 5.41) is 10.2. The monoisotopic (exact) mass is 640 g/mol. The van der Waals surface area contributed by atoms with Crippen molar-refractivity contribution in [1.82, 2.24) is 0 Å². The first-order valence-corrected chi connectivity index (χ1v) is 18.6. The highest BCUT2D eigenvalue weighted by Crippen LogP contribution is 2.48. The Kier molecular flexibility index (Phi) is 12.9. The zero-order valence-electron chi connectivity index (χ0n) is 31.4. The van der Waals surface area contributed by atoms with Crippen LogP contribution in [0, 0.1) is 17.8 Å². The van der Waals surface area contributed by atoms with Crippen molar-refractivity contribution in [3.05, 3.63) is 88.0 Å². The molecule has 0 unspecified atom stereocenters. The molecule has 3 aromatic rings. The minimum atomic E-state index is 0.399. The van der Waals surface area contributed by atoms with Gasteiger partial charge in [-0.1, -0.05) is 117 Å². The average Bonchev–Trinajstić information content (AvgIpc) is 3.90. The molecule has 3 fully saturated rings. The van der Waals surface area contributed by atoms with E-state index >= 15 is 0 Å². The van der Waals surface area contributed by atoms with E-state index in [1.165, 1.54) is 60.8 Å². The molecule has 1 N–H and O–H groups in total. The van der Waals surface area contributed by atoms with Crippen LogP contribution in [0.25, 0.3) is 0 Å². The lowest BCUT2D eigenvalue weighted by Gasteiger charge is -2.19. The van der Waals surface area contributed by atoms with Gasteiger partial charge in [0.2, 0.25) is 0 Å². The van der Waals surface area contributed by atoms with E-state index in [0.717, 1.165) is 40.4 Å². The summed E-state index contributed by atoms with van der Waals surface area (Å²) in [5.41, 5.74) is 7.70. The Morgan fingerprint density at radius 1 is 0.447 bits per heavy atom. The van der Waals surface area contributed by atoms with Crippen molar-refractivity contribution in [2.75, 3.05) is 14.2 Å². The summed E-state index contributed by atoms with van der Waals surface area (Å²) >= 11 is 0. The van der Waals surface area contributed by atoms with Crippen LogP contribution in [0.2, 0.25) is 0 Å². The lowest BCUT2D eigenvalue weighted by atomic mass is 9.90. The standard InChI is InChI=1S/2C15H22O.C14H20O/c2*1-10(2)13-6-5-7-14(15(13)16-4)11(3)12-8-9-12;1-9(2)12-5-4-6-13(14(12)15)10(3)11-7-8-11/h2*5-7,10-12H,8-9H2,1-4H3;4-6,9-11,15H,7-8H2,1-3H3/t2*11-;10-/m111/s1. The van der Waals surface area contributed by atoms with Crippen LogP contribution in [-0.2, 0) is 0 Å². The molecule has 6 rings (SSSR count). The molecular weight excluding hydrogens is 576 g/mol. The summed E-state index contributed by atoms with van der Waals surface area (Å²) in [6.45, 7) is 20.1. The molecular formula is C44H64O3. The van der Waals surface area contributed by atoms with Crippen LogP contribution in [-0.4, -0.2) is 19.3 Å². The van der Waals surface area contributed by atoms with E-state index in [1.54, 1.807) is 14.2 Å². The minimum Gasteiger partial charge on any atom is -0.507 e. The van der Waals surface area contributed by atoms with Crippen molar-refractivity contribution in [2.24, 2.45) is 17.8 Å². The fraction of sp³-hybridized carbons (Fsp3) is 0.591. The average molecular weight is 641 g/mol. The molecule has 3 aliphatic carbocycles. The van der Waals surface area contributed by atoms with Gasteiger partial charge in [-0.25, -0.2) is 0 Å². The zero-order chi connectivity index (χ0) is 34.4. The van der Waals surface area contributed by atoms with Crippen molar-refractivity contribution >= 4 is 0 Å². The number of phenols is 1. The number of hydrogen-bond donors (Lipinski definition) is 1. The van der Waals surface area contributed by atoms with Crippen molar-refractivity contribution in [2.45, 2.75) is 136 Å². The number of phenolic OH excluding ortho intramolecular Hbond substituents is 1. The number of benzene rings is 3. The van der Waals surface area contributed by atoms with Crippen LogP contribution in [0.15, 0.2) is 54.6 Å². The van der Waals surface area contributed by atoms with Crippen LogP contribution >= 0.6 is 0 Å². The molecule has 3 aromatic carbocycles. The lowest BCUT2D eigenvalue weighted by Crippen LogP contribution is -2.03. The second kappa shape index (κ2) is 16.4. The molecule has 0 radical (unpaired) electrons. The quantitative estimate of drug-likeness (QED) is 0.227. The van der Waals surface area contributed by atoms with Gasteiger partial charge < -0.3 is 14.6 Å². The molecule has 258 valence electrons. The van der Waals surface area contributed by atoms with Gasteiger partial charge in [0, 0.05) is 0 Å². The van der Waals surface area contributed by atoms with E-state index < -0.39 is 0 Å². The molecule has 0 saturated heterocycles. The number of methoxy groups -OCH3 is 2. The minimum absolute atomic E-state index is 0.399. The number of rotatable bonds is 11. The summed E-state index contributed by atoms with van der Waals surface area (Å²) in [6, 6.07) is 19.4. The largest absolute Gasteiger partial charge is 0.507 e. The first kappa shape index (κ1) is 36.9. The number of ether oxygens (including phenoxy) is 2. The molecule has 0 aliphatic heterocycles. The highest BCUT2D eigenvalue weighted by atomic mass is 16.5. The van der Waals surface area contributed by atoms with Gasteiger partial charge in [0.25, 0.3) is 0 Å². The molecule has 47 heavy (non-hydrogen) atoms. The fourth-order valence-electron chi connectivity index (χ4n) is 7.21. The Labute approximate surface area is 287 Å². The Hall–Kier alpha value is -2.94. The summed E-state index contributed by atoms with van der Waals surface area (Å²) in [4.78, 5) is 0. The van der Waals surface area contributed by atoms with Gasteiger partial charge in [-0.3, -0.25) is 0 Å². The van der Waals surface area contributed by atoms with E-state index in [4.69, 9.17) is 9.47 Å². The number of para-hydroxylation sites is 3. The maximum Gasteiger partial charge on any atom is 0.125 e. The van der Waals surface area contributed by atoms with Gasteiger partial charge in [0.15, 0.2) is 0 Å². The van der Waals surface area contributed by atoms with E-state index in [1.807, 2.05) is 6.07 Å². The summed E-state index contributed by atoms with van der Waals surface area (Å²) in [7, 11) is 3.59. The number of hydrogen-bond acceptors (Lipinski definition) is 3. The summed E-state index contributed by atoms with van der Waals surface area (Å²) < 4.78 is 11.3. The van der Waals surface area contributed by atoms with Crippen LogP contribution in [0.5, 0.6) is 17.2 Å². The van der Waals surface area contributed by atoms with E-state index in [9.17, 15) is 5.11 Å². The van der Waals surface area contributed by atoms with Crippen LogP contribution in [0.3, 0.4) is 0 Å². The molecule has 3 heteroatoms. The first-order chi connectivity index (χ1) is 22.4. The molecule has 3 saturated carbocycles. The highest BCUT2D eigenvalue weighted by Gasteiger charge is 2.33. The maximum absolute atomic E-state index is 10.2. The third-order valence-corrected chi connectivity index (χ3v) is 11.0. The third-order valence-electron chi connectivity index (χ3n) is 11.0. The molecule has 0 aromatic heterocycles. The van der Waals surface area contributed by atoms with Gasteiger partial charge in [-0.15, -0.1) is 0 Å². The Morgan fingerprint density at radius 2 is 0.723 bits per heavy atom. The first-order valence-electron chi connectivity index (χ1n) is 18.6. The van der Waals surface area contributed by atoms with Gasteiger partial charge in [-0.05, 0) is 125 Å². The van der Waals surface area contributed by atoms with Gasteiger partial charge in [0.05, 0.1) is 14.2 Å². The third kappa shape index (κ3) is 9.36. The predicted octanol–water partition coefficient (Wildman–Crippen LogP) is 12.7. The van der Waals surface area contributed by atoms with E-state index in [2.05, 4.69) is 111 Å². The fourth-order valence-corrected chi connectivity index (χ4v) is 7.21. The molecule has 0 heterocycles. The summed E-state index contributed by atoms with van der Waals surface area (Å²) in [5.74, 6) is 8.62. The molecule has 0 amide bonds. The molecule has 3 aliphatic rings. The van der Waals surface area contributed by atoms with Gasteiger partial charge in [0.1, 0.15) is 17.2 Å². The van der Waals surface area contributed by atoms with Crippen molar-refractivity contribution in [3.8, 4) is 17.2 Å². The Balaban J connectivity index is 0.000000160. The zero-order valence-corrected chi connectivity index (χ0v) is 31.4. The maximum atomic E-state index is 10.2. The van der Waals surface area contributed by atoms with Crippen molar-refractivity contribution in [1.29, 1.82) is 0 Å². The van der Waals surface area contributed by atoms with Crippen LogP contribution in [0.4, 0.5) is 0 Å². The number of aromatic hydroxyl groups is 1. The van der Waals surface area contributed by atoms with Crippen LogP contribution < -0.4 is 9.47 Å². The molecule has 3 nitrogen and oxygen atoms in total. The summed E-state index contributed by atoms with van der Waals surface area (Å²) in [6.07, 6.45) is 8.19. The van der Waals surface area contributed by atoms with Crippen molar-refractivity contribution < 1.29 is 14.6 Å². The SMILES string of the molecule is CC(C)c1cccc([C@H](C)C2CC2)c1O.COc1c(C(C)C)cccc1[C@H](C)C1CC1.COc1c(C(C)C)cccc1[C@H](C)C1CC1. The smallest absolute Gasteiger partial charge is 0.125 e. The highest BCUT2D eigenvalue weighted by molar-refractivity contribution is 5.47. The van der Waals surface area contributed by atoms with Gasteiger partial charge in [-0.2, -0.15) is 0 Å². The van der Waals surface area contributed by atoms with Crippen molar-refractivity contribution in [3.63, 3.8) is 0 Å². The molecule has 3 atom stereocenters. The second-order valence-electron chi connectivity index (χ2n) is 15.6. The van der Waals surface area contributed by atoms with E-state index in [0.29, 0.717) is 41.3 Å². The van der Waals surface area contributed by atoms with E-state index in [-0.39, 0.29) is 0 Å². The molecule has 0 spiro atoms.